The molecule has 0 bridgehead atoms. The van der Waals surface area contributed by atoms with Crippen molar-refractivity contribution in [2.75, 3.05) is 20.3 Å². The first-order valence-corrected chi connectivity index (χ1v) is 5.12. The second-order valence-electron chi connectivity index (χ2n) is 4.64. The van der Waals surface area contributed by atoms with Crippen molar-refractivity contribution >= 4 is 5.90 Å². The number of hydrogen-bond acceptors (Lipinski definition) is 4. The van der Waals surface area contributed by atoms with Gasteiger partial charge in [0.25, 0.3) is 0 Å². The van der Waals surface area contributed by atoms with Crippen molar-refractivity contribution in [1.82, 2.24) is 0 Å². The van der Waals surface area contributed by atoms with Crippen molar-refractivity contribution in [3.8, 4) is 0 Å². The maximum Gasteiger partial charge on any atom is 0.214 e. The van der Waals surface area contributed by atoms with Gasteiger partial charge in [-0.2, -0.15) is 0 Å². The molecule has 4 nitrogen and oxygen atoms in total. The lowest BCUT2D eigenvalue weighted by molar-refractivity contribution is 0.0498. The van der Waals surface area contributed by atoms with Gasteiger partial charge in [0.1, 0.15) is 12.7 Å². The number of hydrogen-bond donors (Lipinski definition) is 1. The first-order chi connectivity index (χ1) is 6.99. The molecule has 15 heavy (non-hydrogen) atoms. The van der Waals surface area contributed by atoms with Crippen LogP contribution in [0.3, 0.4) is 0 Å². The van der Waals surface area contributed by atoms with Crippen molar-refractivity contribution in [1.29, 1.82) is 0 Å². The van der Waals surface area contributed by atoms with E-state index in [2.05, 4.69) is 25.8 Å². The number of nitrogens with two attached hydrogens (primary N) is 1. The fourth-order valence-electron chi connectivity index (χ4n) is 1.40. The van der Waals surface area contributed by atoms with Crippen LogP contribution in [0.1, 0.15) is 20.8 Å². The predicted molar refractivity (Wildman–Crippen MR) is 60.8 cm³/mol. The quantitative estimate of drug-likeness (QED) is 0.751. The van der Waals surface area contributed by atoms with Gasteiger partial charge in [0.15, 0.2) is 0 Å². The molecule has 2 N–H and O–H groups in total. The number of methoxy groups -OCH3 is 1. The molecule has 0 saturated heterocycles. The third-order valence-corrected chi connectivity index (χ3v) is 2.38. The fraction of sp³-hybridized carbons (Fsp3) is 0.727. The van der Waals surface area contributed by atoms with Crippen molar-refractivity contribution < 1.29 is 9.47 Å². The van der Waals surface area contributed by atoms with E-state index < -0.39 is 0 Å². The maximum absolute atomic E-state index is 5.60. The highest BCUT2D eigenvalue weighted by atomic mass is 16.5. The number of rotatable bonds is 2. The van der Waals surface area contributed by atoms with Gasteiger partial charge in [-0.1, -0.05) is 20.8 Å². The summed E-state index contributed by atoms with van der Waals surface area (Å²) in [5.74, 6) is 0.651. The Morgan fingerprint density at radius 1 is 1.60 bits per heavy atom. The normalized spacial score (nSPS) is 23.3. The summed E-state index contributed by atoms with van der Waals surface area (Å²) in [5.41, 5.74) is 6.50. The van der Waals surface area contributed by atoms with E-state index in [-0.39, 0.29) is 11.5 Å². The van der Waals surface area contributed by atoms with Gasteiger partial charge in [0, 0.05) is 18.9 Å². The standard InChI is InChI=1S/C11H20N2O2/c1-11(2,3)9(5-12)10-13-6-8(14-4)7-15-10/h5,8H,6-7,12H2,1-4H3/b9-5+. The molecular formula is C11H20N2O2. The summed E-state index contributed by atoms with van der Waals surface area (Å²) in [7, 11) is 1.66. The molecule has 0 radical (unpaired) electrons. The predicted octanol–water partition coefficient (Wildman–Crippen LogP) is 1.32. The van der Waals surface area contributed by atoms with E-state index in [1.54, 1.807) is 13.3 Å². The minimum absolute atomic E-state index is 0.0481. The molecule has 0 fully saturated rings. The molecule has 0 aliphatic carbocycles. The minimum atomic E-state index is -0.0481. The first kappa shape index (κ1) is 12.0. The lowest BCUT2D eigenvalue weighted by atomic mass is 9.86. The van der Waals surface area contributed by atoms with Gasteiger partial charge < -0.3 is 15.2 Å². The Kier molecular flexibility index (Phi) is 3.74. The van der Waals surface area contributed by atoms with Crippen LogP contribution < -0.4 is 5.73 Å². The molecular weight excluding hydrogens is 192 g/mol. The number of aliphatic imine (C=N–C) groups is 1. The van der Waals surface area contributed by atoms with Crippen molar-refractivity contribution in [3.63, 3.8) is 0 Å². The molecule has 1 aliphatic rings. The van der Waals surface area contributed by atoms with Crippen molar-refractivity contribution in [3.05, 3.63) is 11.8 Å². The molecule has 0 aromatic heterocycles. The van der Waals surface area contributed by atoms with Crippen LogP contribution in [-0.2, 0) is 9.47 Å². The molecule has 0 spiro atoms. The summed E-state index contributed by atoms with van der Waals surface area (Å²) >= 11 is 0. The summed E-state index contributed by atoms with van der Waals surface area (Å²) in [4.78, 5) is 4.34. The van der Waals surface area contributed by atoms with E-state index in [9.17, 15) is 0 Å². The summed E-state index contributed by atoms with van der Waals surface area (Å²) in [6, 6.07) is 0. The molecule has 0 aromatic carbocycles. The molecule has 0 amide bonds. The van der Waals surface area contributed by atoms with Crippen molar-refractivity contribution in [2.45, 2.75) is 26.9 Å². The Hall–Kier alpha value is -1.03. The van der Waals surface area contributed by atoms with Crippen LogP contribution in [0.5, 0.6) is 0 Å². The molecule has 4 heteroatoms. The van der Waals surface area contributed by atoms with E-state index in [0.29, 0.717) is 19.0 Å². The van der Waals surface area contributed by atoms with Crippen LogP contribution >= 0.6 is 0 Å². The maximum atomic E-state index is 5.60. The van der Waals surface area contributed by atoms with Gasteiger partial charge in [-0.3, -0.25) is 0 Å². The number of nitrogens with zero attached hydrogens (tertiary/aromatic N) is 1. The highest BCUT2D eigenvalue weighted by Gasteiger charge is 2.26. The molecule has 1 rings (SSSR count). The van der Waals surface area contributed by atoms with E-state index in [1.807, 2.05) is 0 Å². The average molecular weight is 212 g/mol. The van der Waals surface area contributed by atoms with Crippen LogP contribution in [0, 0.1) is 5.41 Å². The summed E-state index contributed by atoms with van der Waals surface area (Å²) in [6.07, 6.45) is 1.64. The first-order valence-electron chi connectivity index (χ1n) is 5.12. The van der Waals surface area contributed by atoms with E-state index >= 15 is 0 Å². The zero-order valence-electron chi connectivity index (χ0n) is 9.91. The van der Waals surface area contributed by atoms with E-state index in [0.717, 1.165) is 5.57 Å². The smallest absolute Gasteiger partial charge is 0.214 e. The fourth-order valence-corrected chi connectivity index (χ4v) is 1.40. The van der Waals surface area contributed by atoms with E-state index in [4.69, 9.17) is 15.2 Å². The summed E-state index contributed by atoms with van der Waals surface area (Å²) < 4.78 is 10.7. The third kappa shape index (κ3) is 2.96. The van der Waals surface area contributed by atoms with Crippen LogP contribution in [0.2, 0.25) is 0 Å². The average Bonchev–Trinajstić information content (AvgIpc) is 2.18. The van der Waals surface area contributed by atoms with E-state index in [1.165, 1.54) is 0 Å². The molecule has 1 unspecified atom stereocenters. The Bertz CT molecular complexity index is 277. The zero-order valence-corrected chi connectivity index (χ0v) is 9.91. The Labute approximate surface area is 91.2 Å². The van der Waals surface area contributed by atoms with Crippen LogP contribution in [0.4, 0.5) is 0 Å². The van der Waals surface area contributed by atoms with Gasteiger partial charge in [0.05, 0.1) is 6.54 Å². The summed E-state index contributed by atoms with van der Waals surface area (Å²) in [6.45, 7) is 7.43. The van der Waals surface area contributed by atoms with Crippen LogP contribution in [0.15, 0.2) is 16.8 Å². The van der Waals surface area contributed by atoms with Crippen LogP contribution in [-0.4, -0.2) is 32.3 Å². The molecule has 0 saturated carbocycles. The van der Waals surface area contributed by atoms with Gasteiger partial charge in [-0.05, 0) is 5.41 Å². The van der Waals surface area contributed by atoms with Gasteiger partial charge in [-0.15, -0.1) is 0 Å². The van der Waals surface area contributed by atoms with Crippen LogP contribution in [0.25, 0.3) is 0 Å². The Balaban J connectivity index is 2.77. The second-order valence-corrected chi connectivity index (χ2v) is 4.64. The highest BCUT2D eigenvalue weighted by molar-refractivity contribution is 5.94. The number of ether oxygens (including phenoxy) is 2. The molecule has 1 atom stereocenters. The molecule has 1 aliphatic heterocycles. The Morgan fingerprint density at radius 3 is 2.60 bits per heavy atom. The molecule has 0 aromatic rings. The zero-order chi connectivity index (χ0) is 11.5. The van der Waals surface area contributed by atoms with Gasteiger partial charge in [0.2, 0.25) is 5.90 Å². The largest absolute Gasteiger partial charge is 0.475 e. The lowest BCUT2D eigenvalue weighted by Gasteiger charge is -2.27. The minimum Gasteiger partial charge on any atom is -0.475 e. The highest BCUT2D eigenvalue weighted by Crippen LogP contribution is 2.27. The SMILES string of the molecule is COC1CN=C(/C(=C\N)C(C)(C)C)OC1. The van der Waals surface area contributed by atoms with Gasteiger partial charge >= 0.3 is 0 Å². The third-order valence-electron chi connectivity index (χ3n) is 2.38. The molecule has 86 valence electrons. The summed E-state index contributed by atoms with van der Waals surface area (Å²) in [5, 5.41) is 0. The topological polar surface area (TPSA) is 56.8 Å². The Morgan fingerprint density at radius 2 is 2.27 bits per heavy atom. The van der Waals surface area contributed by atoms with Gasteiger partial charge in [-0.25, -0.2) is 4.99 Å². The second kappa shape index (κ2) is 4.66. The van der Waals surface area contributed by atoms with Crippen molar-refractivity contribution in [2.24, 2.45) is 16.1 Å². The molecule has 1 heterocycles. The lowest BCUT2D eigenvalue weighted by Crippen LogP contribution is -2.33. The monoisotopic (exact) mass is 212 g/mol.